The molecule has 0 heterocycles. The van der Waals surface area contributed by atoms with Crippen LogP contribution in [0.3, 0.4) is 0 Å². The fraction of sp³-hybridized carbons (Fsp3) is 0.800. The first-order chi connectivity index (χ1) is 3.66. The molecule has 0 aromatic rings. The van der Waals surface area contributed by atoms with E-state index in [2.05, 4.69) is 4.99 Å². The lowest BCUT2D eigenvalue weighted by molar-refractivity contribution is 0.233. The average molecular weight is 116 g/mol. The molecule has 0 fully saturated rings. The topological polar surface area (TPSA) is 44.6 Å². The van der Waals surface area contributed by atoms with Crippen LogP contribution < -0.4 is 5.48 Å². The number of hydrogen-bond donors (Lipinski definition) is 2. The van der Waals surface area contributed by atoms with Gasteiger partial charge in [-0.3, -0.25) is 15.7 Å². The van der Waals surface area contributed by atoms with Gasteiger partial charge in [-0.2, -0.15) is 0 Å². The van der Waals surface area contributed by atoms with Crippen molar-refractivity contribution in [1.82, 2.24) is 5.48 Å². The molecule has 0 saturated heterocycles. The van der Waals surface area contributed by atoms with Gasteiger partial charge in [0.15, 0.2) is 0 Å². The SMILES string of the molecule is CC(=NC(C)C)NO. The zero-order valence-corrected chi connectivity index (χ0v) is 5.47. The van der Waals surface area contributed by atoms with E-state index >= 15 is 0 Å². The van der Waals surface area contributed by atoms with Gasteiger partial charge >= 0.3 is 0 Å². The molecule has 0 amide bonds. The summed E-state index contributed by atoms with van der Waals surface area (Å²) in [4.78, 5) is 3.95. The van der Waals surface area contributed by atoms with Crippen LogP contribution in [0.4, 0.5) is 0 Å². The van der Waals surface area contributed by atoms with Crippen molar-refractivity contribution in [2.45, 2.75) is 26.8 Å². The maximum atomic E-state index is 8.20. The number of aliphatic imine (C=N–C) groups is 1. The minimum atomic E-state index is 0.245. The van der Waals surface area contributed by atoms with E-state index in [1.165, 1.54) is 0 Å². The predicted octanol–water partition coefficient (Wildman–Crippen LogP) is 0.792. The Hall–Kier alpha value is -0.570. The van der Waals surface area contributed by atoms with Crippen LogP contribution in [-0.4, -0.2) is 17.1 Å². The summed E-state index contributed by atoms with van der Waals surface area (Å²) in [7, 11) is 0. The molecule has 48 valence electrons. The second-order valence-electron chi connectivity index (χ2n) is 1.92. The molecule has 0 aliphatic rings. The molecule has 0 aromatic carbocycles. The van der Waals surface area contributed by atoms with E-state index in [9.17, 15) is 0 Å². The number of hydroxylamine groups is 1. The van der Waals surface area contributed by atoms with Gasteiger partial charge in [-0.25, -0.2) is 0 Å². The monoisotopic (exact) mass is 116 g/mol. The molecule has 0 aliphatic carbocycles. The zero-order valence-electron chi connectivity index (χ0n) is 5.47. The number of amidine groups is 1. The zero-order chi connectivity index (χ0) is 6.57. The molecule has 8 heavy (non-hydrogen) atoms. The van der Waals surface area contributed by atoms with Crippen LogP contribution >= 0.6 is 0 Å². The molecular weight excluding hydrogens is 104 g/mol. The van der Waals surface area contributed by atoms with Gasteiger partial charge in [0.05, 0.1) is 0 Å². The van der Waals surface area contributed by atoms with Crippen LogP contribution in [0.2, 0.25) is 0 Å². The molecule has 0 unspecified atom stereocenters. The second-order valence-corrected chi connectivity index (χ2v) is 1.92. The lowest BCUT2D eigenvalue weighted by Gasteiger charge is -1.98. The van der Waals surface area contributed by atoms with Gasteiger partial charge in [-0.1, -0.05) is 0 Å². The van der Waals surface area contributed by atoms with Gasteiger partial charge < -0.3 is 0 Å². The smallest absolute Gasteiger partial charge is 0.117 e. The van der Waals surface area contributed by atoms with E-state index in [0.717, 1.165) is 0 Å². The summed E-state index contributed by atoms with van der Waals surface area (Å²) in [6, 6.07) is 0.245. The highest BCUT2D eigenvalue weighted by Crippen LogP contribution is 1.84. The van der Waals surface area contributed by atoms with E-state index in [-0.39, 0.29) is 6.04 Å². The molecule has 3 nitrogen and oxygen atoms in total. The summed E-state index contributed by atoms with van der Waals surface area (Å²) >= 11 is 0. The van der Waals surface area contributed by atoms with Crippen molar-refractivity contribution in [3.05, 3.63) is 0 Å². The fourth-order valence-corrected chi connectivity index (χ4v) is 0.416. The van der Waals surface area contributed by atoms with E-state index < -0.39 is 0 Å². The van der Waals surface area contributed by atoms with Crippen LogP contribution in [0.1, 0.15) is 20.8 Å². The number of nitrogens with zero attached hydrogens (tertiary/aromatic N) is 1. The Morgan fingerprint density at radius 3 is 2.25 bits per heavy atom. The normalized spacial score (nSPS) is 12.4. The Labute approximate surface area is 49.4 Å². The van der Waals surface area contributed by atoms with Crippen molar-refractivity contribution in [2.75, 3.05) is 0 Å². The van der Waals surface area contributed by atoms with Gasteiger partial charge in [0, 0.05) is 6.04 Å². The summed E-state index contributed by atoms with van der Waals surface area (Å²) in [5.74, 6) is 0.556. The Kier molecular flexibility index (Phi) is 3.19. The average Bonchev–Trinajstić information content (AvgIpc) is 1.65. The van der Waals surface area contributed by atoms with Crippen molar-refractivity contribution in [1.29, 1.82) is 0 Å². The van der Waals surface area contributed by atoms with Gasteiger partial charge in [0.1, 0.15) is 5.84 Å². The third-order valence-corrected chi connectivity index (χ3v) is 0.614. The summed E-state index contributed by atoms with van der Waals surface area (Å²) < 4.78 is 0. The molecule has 0 radical (unpaired) electrons. The maximum absolute atomic E-state index is 8.20. The van der Waals surface area contributed by atoms with E-state index in [4.69, 9.17) is 5.21 Å². The Balaban J connectivity index is 3.56. The molecule has 0 aliphatic heterocycles. The second kappa shape index (κ2) is 3.43. The molecule has 0 saturated carbocycles. The summed E-state index contributed by atoms with van der Waals surface area (Å²) in [6.45, 7) is 5.60. The highest BCUT2D eigenvalue weighted by Gasteiger charge is 1.87. The Bertz CT molecular complexity index is 88.4. The van der Waals surface area contributed by atoms with Crippen molar-refractivity contribution in [2.24, 2.45) is 4.99 Å². The quantitative estimate of drug-likeness (QED) is 0.302. The molecule has 0 aromatic heterocycles. The molecule has 0 spiro atoms. The highest BCUT2D eigenvalue weighted by atomic mass is 16.5. The van der Waals surface area contributed by atoms with Gasteiger partial charge in [0.2, 0.25) is 0 Å². The van der Waals surface area contributed by atoms with E-state index in [1.54, 1.807) is 6.92 Å². The van der Waals surface area contributed by atoms with Gasteiger partial charge in [-0.15, -0.1) is 0 Å². The van der Waals surface area contributed by atoms with Crippen molar-refractivity contribution < 1.29 is 5.21 Å². The minimum Gasteiger partial charge on any atom is -0.290 e. The lowest BCUT2D eigenvalue weighted by atomic mass is 10.4. The summed E-state index contributed by atoms with van der Waals surface area (Å²) in [5.41, 5.74) is 1.95. The van der Waals surface area contributed by atoms with Gasteiger partial charge in [-0.05, 0) is 20.8 Å². The molecule has 0 bridgehead atoms. The van der Waals surface area contributed by atoms with Crippen LogP contribution in [-0.2, 0) is 0 Å². The molecule has 2 N–H and O–H groups in total. The van der Waals surface area contributed by atoms with Crippen molar-refractivity contribution in [3.8, 4) is 0 Å². The molecule has 0 rings (SSSR count). The Morgan fingerprint density at radius 1 is 1.62 bits per heavy atom. The van der Waals surface area contributed by atoms with Crippen LogP contribution in [0.25, 0.3) is 0 Å². The number of hydrogen-bond acceptors (Lipinski definition) is 2. The fourth-order valence-electron chi connectivity index (χ4n) is 0.416. The summed E-state index contributed by atoms with van der Waals surface area (Å²) in [5, 5.41) is 8.20. The van der Waals surface area contributed by atoms with E-state index in [0.29, 0.717) is 5.84 Å². The number of nitrogens with one attached hydrogen (secondary N) is 1. The summed E-state index contributed by atoms with van der Waals surface area (Å²) in [6.07, 6.45) is 0. The van der Waals surface area contributed by atoms with Gasteiger partial charge in [0.25, 0.3) is 0 Å². The molecule has 3 heteroatoms. The highest BCUT2D eigenvalue weighted by molar-refractivity contribution is 5.78. The molecule has 0 atom stereocenters. The maximum Gasteiger partial charge on any atom is 0.117 e. The van der Waals surface area contributed by atoms with Crippen LogP contribution in [0.15, 0.2) is 4.99 Å². The predicted molar refractivity (Wildman–Crippen MR) is 33.2 cm³/mol. The minimum absolute atomic E-state index is 0.245. The lowest BCUT2D eigenvalue weighted by Crippen LogP contribution is -2.16. The third kappa shape index (κ3) is 3.61. The Morgan fingerprint density at radius 2 is 2.12 bits per heavy atom. The standard InChI is InChI=1S/C5H12N2O/c1-4(2)6-5(3)7-8/h4,8H,1-3H3,(H,6,7). The first-order valence-corrected chi connectivity index (χ1v) is 2.61. The van der Waals surface area contributed by atoms with E-state index in [1.807, 2.05) is 19.3 Å². The molecular formula is C5H12N2O. The number of rotatable bonds is 1. The van der Waals surface area contributed by atoms with Crippen molar-refractivity contribution >= 4 is 5.84 Å². The largest absolute Gasteiger partial charge is 0.290 e. The van der Waals surface area contributed by atoms with Crippen molar-refractivity contribution in [3.63, 3.8) is 0 Å². The first kappa shape index (κ1) is 7.43. The third-order valence-electron chi connectivity index (χ3n) is 0.614. The van der Waals surface area contributed by atoms with Crippen LogP contribution in [0, 0.1) is 0 Å². The van der Waals surface area contributed by atoms with Crippen LogP contribution in [0.5, 0.6) is 0 Å². The first-order valence-electron chi connectivity index (χ1n) is 2.61.